The number of unbranched alkanes of at least 4 members (excludes halogenated alkanes) is 1. The van der Waals surface area contributed by atoms with Crippen molar-refractivity contribution in [1.82, 2.24) is 21.3 Å². The Hall–Kier alpha value is -4.12. The minimum absolute atomic E-state index is 0.111. The zero-order chi connectivity index (χ0) is 30.9. The summed E-state index contributed by atoms with van der Waals surface area (Å²) in [6, 6.07) is 1.01. The van der Waals surface area contributed by atoms with Crippen LogP contribution in [0.15, 0.2) is 30.3 Å². The second kappa shape index (κ2) is 18.3. The van der Waals surface area contributed by atoms with Gasteiger partial charge in [-0.15, -0.1) is 0 Å². The Morgan fingerprint density at radius 1 is 0.707 bits per heavy atom. The lowest BCUT2D eigenvalue weighted by atomic mass is 10.0. The van der Waals surface area contributed by atoms with Crippen LogP contribution in [-0.2, 0) is 35.2 Å². The summed E-state index contributed by atoms with van der Waals surface area (Å²) < 4.78 is 0. The molecule has 1 rings (SSSR count). The Labute approximate surface area is 235 Å². The number of carboxylic acid groups (broad SMARTS) is 2. The topological polar surface area (TPSA) is 284 Å². The van der Waals surface area contributed by atoms with E-state index in [0.717, 1.165) is 0 Å². The van der Waals surface area contributed by atoms with Gasteiger partial charge in [-0.25, -0.2) is 4.79 Å². The van der Waals surface area contributed by atoms with Gasteiger partial charge in [0.25, 0.3) is 0 Å². The molecule has 0 bridgehead atoms. The number of nitrogens with two attached hydrogens (primary N) is 2. The van der Waals surface area contributed by atoms with Crippen molar-refractivity contribution in [2.75, 3.05) is 19.8 Å². The van der Waals surface area contributed by atoms with Crippen LogP contribution in [0.4, 0.5) is 0 Å². The lowest BCUT2D eigenvalue weighted by Gasteiger charge is -2.25. The van der Waals surface area contributed by atoms with Crippen molar-refractivity contribution in [1.29, 1.82) is 0 Å². The van der Waals surface area contributed by atoms with Gasteiger partial charge < -0.3 is 53.2 Å². The van der Waals surface area contributed by atoms with Crippen LogP contribution in [0.2, 0.25) is 0 Å². The van der Waals surface area contributed by atoms with Crippen molar-refractivity contribution in [3.63, 3.8) is 0 Å². The van der Waals surface area contributed by atoms with Crippen molar-refractivity contribution in [3.8, 4) is 0 Å². The van der Waals surface area contributed by atoms with Crippen molar-refractivity contribution >= 4 is 35.6 Å². The second-order valence-corrected chi connectivity index (χ2v) is 9.13. The number of carboxylic acids is 2. The first kappa shape index (κ1) is 34.9. The first-order valence-corrected chi connectivity index (χ1v) is 12.8. The van der Waals surface area contributed by atoms with E-state index in [2.05, 4.69) is 16.0 Å². The fourth-order valence-corrected chi connectivity index (χ4v) is 3.56. The van der Waals surface area contributed by atoms with E-state index < -0.39 is 85.4 Å². The van der Waals surface area contributed by atoms with E-state index in [0.29, 0.717) is 31.4 Å². The summed E-state index contributed by atoms with van der Waals surface area (Å²) in [6.07, 6.45) is 0.445. The molecule has 16 nitrogen and oxygen atoms in total. The molecule has 228 valence electrons. The van der Waals surface area contributed by atoms with Gasteiger partial charge in [0, 0.05) is 6.42 Å². The number of amides is 4. The van der Waals surface area contributed by atoms with Gasteiger partial charge in [0.05, 0.1) is 25.7 Å². The number of nitrogens with one attached hydrogen (secondary N) is 4. The van der Waals surface area contributed by atoms with E-state index in [4.69, 9.17) is 21.7 Å². The number of carbonyl (C=O) groups is 6. The fourth-order valence-electron chi connectivity index (χ4n) is 3.56. The minimum Gasteiger partial charge on any atom is -0.481 e. The molecule has 16 heteroatoms. The number of aliphatic hydroxyl groups excluding tert-OH is 2. The van der Waals surface area contributed by atoms with Crippen LogP contribution < -0.4 is 32.7 Å². The number of aliphatic carboxylic acids is 2. The number of hydrogen-bond donors (Lipinski definition) is 10. The molecule has 0 spiro atoms. The molecule has 1 aromatic carbocycles. The second-order valence-electron chi connectivity index (χ2n) is 9.13. The Morgan fingerprint density at radius 2 is 1.20 bits per heavy atom. The SMILES string of the molecule is NCCCC[C@H](N)C(=O)N[C@@H](CO)C(=O)N[C@@H](Cc1ccccc1)C(=O)N[C@@H](CO)C(=O)N[C@@H](CC(=O)O)C(=O)O. The molecule has 0 heterocycles. The molecule has 0 fully saturated rings. The predicted molar refractivity (Wildman–Crippen MR) is 143 cm³/mol. The monoisotopic (exact) mass is 582 g/mol. The van der Waals surface area contributed by atoms with Crippen LogP contribution in [0.25, 0.3) is 0 Å². The van der Waals surface area contributed by atoms with E-state index in [1.807, 2.05) is 5.32 Å². The molecule has 0 radical (unpaired) electrons. The van der Waals surface area contributed by atoms with Crippen molar-refractivity contribution < 1.29 is 49.2 Å². The molecule has 5 atom stereocenters. The zero-order valence-corrected chi connectivity index (χ0v) is 22.3. The van der Waals surface area contributed by atoms with Crippen molar-refractivity contribution in [2.45, 2.75) is 62.3 Å². The molecule has 0 saturated carbocycles. The standard InChI is InChI=1S/C25H38N6O10/c26-9-5-4-8-15(27)21(36)30-18(12-32)23(38)28-16(10-14-6-2-1-3-7-14)22(37)31-19(13-33)24(39)29-17(25(40)41)11-20(34)35/h1-3,6-7,15-19,32-33H,4-5,8-13,26-27H2,(H,28,38)(H,29,39)(H,30,36)(H,31,37)(H,34,35)(H,40,41)/t15-,16-,17-,18-,19-/m0/s1. The molecule has 0 aliphatic carbocycles. The zero-order valence-electron chi connectivity index (χ0n) is 22.3. The molecule has 4 amide bonds. The van der Waals surface area contributed by atoms with Crippen LogP contribution in [0, 0.1) is 0 Å². The Bertz CT molecular complexity index is 1040. The fraction of sp³-hybridized carbons (Fsp3) is 0.520. The first-order chi connectivity index (χ1) is 19.4. The van der Waals surface area contributed by atoms with Gasteiger partial charge in [-0.3, -0.25) is 24.0 Å². The maximum atomic E-state index is 13.1. The van der Waals surface area contributed by atoms with Gasteiger partial charge in [-0.05, 0) is 24.9 Å². The lowest BCUT2D eigenvalue weighted by molar-refractivity contribution is -0.147. The average molecular weight is 583 g/mol. The highest BCUT2D eigenvalue weighted by Gasteiger charge is 2.32. The number of carbonyl (C=O) groups excluding carboxylic acids is 4. The third-order valence-electron chi connectivity index (χ3n) is 5.85. The molecule has 0 saturated heterocycles. The normalized spacial score (nSPS) is 14.4. The van der Waals surface area contributed by atoms with E-state index in [1.54, 1.807) is 30.3 Å². The Kier molecular flexibility index (Phi) is 15.6. The summed E-state index contributed by atoms with van der Waals surface area (Å²) in [4.78, 5) is 73.1. The summed E-state index contributed by atoms with van der Waals surface area (Å²) in [6.45, 7) is -1.39. The number of benzene rings is 1. The Balaban J connectivity index is 3.03. The van der Waals surface area contributed by atoms with Gasteiger partial charge in [0.15, 0.2) is 0 Å². The molecule has 0 aromatic heterocycles. The summed E-state index contributed by atoms with van der Waals surface area (Å²) in [5.41, 5.74) is 11.8. The highest BCUT2D eigenvalue weighted by atomic mass is 16.4. The van der Waals surface area contributed by atoms with Gasteiger partial charge in [0.2, 0.25) is 23.6 Å². The smallest absolute Gasteiger partial charge is 0.326 e. The van der Waals surface area contributed by atoms with E-state index in [9.17, 15) is 39.0 Å². The molecule has 12 N–H and O–H groups in total. The van der Waals surface area contributed by atoms with Crippen LogP contribution in [-0.4, -0.2) is 106 Å². The molecule has 0 aliphatic rings. The first-order valence-electron chi connectivity index (χ1n) is 12.8. The van der Waals surface area contributed by atoms with Gasteiger partial charge in [0.1, 0.15) is 24.2 Å². The van der Waals surface area contributed by atoms with Crippen molar-refractivity contribution in [3.05, 3.63) is 35.9 Å². The minimum atomic E-state index is -1.83. The molecule has 1 aromatic rings. The van der Waals surface area contributed by atoms with Crippen LogP contribution >= 0.6 is 0 Å². The van der Waals surface area contributed by atoms with E-state index >= 15 is 0 Å². The predicted octanol–water partition coefficient (Wildman–Crippen LogP) is -3.83. The third-order valence-corrected chi connectivity index (χ3v) is 5.85. The van der Waals surface area contributed by atoms with Crippen molar-refractivity contribution in [2.24, 2.45) is 11.5 Å². The largest absolute Gasteiger partial charge is 0.481 e. The average Bonchev–Trinajstić information content (AvgIpc) is 2.93. The summed E-state index contributed by atoms with van der Waals surface area (Å²) >= 11 is 0. The number of aliphatic hydroxyl groups is 2. The maximum Gasteiger partial charge on any atom is 0.326 e. The van der Waals surface area contributed by atoms with Gasteiger partial charge >= 0.3 is 11.9 Å². The quantitative estimate of drug-likeness (QED) is 0.0702. The highest BCUT2D eigenvalue weighted by molar-refractivity contribution is 5.96. The number of rotatable bonds is 19. The number of hydrogen-bond acceptors (Lipinski definition) is 10. The maximum absolute atomic E-state index is 13.1. The summed E-state index contributed by atoms with van der Waals surface area (Å²) in [7, 11) is 0. The molecule has 0 aliphatic heterocycles. The van der Waals surface area contributed by atoms with Crippen LogP contribution in [0.1, 0.15) is 31.2 Å². The van der Waals surface area contributed by atoms with E-state index in [1.165, 1.54) is 0 Å². The molecular weight excluding hydrogens is 544 g/mol. The van der Waals surface area contributed by atoms with Gasteiger partial charge in [-0.2, -0.15) is 0 Å². The molecule has 41 heavy (non-hydrogen) atoms. The highest BCUT2D eigenvalue weighted by Crippen LogP contribution is 2.06. The van der Waals surface area contributed by atoms with Crippen LogP contribution in [0.5, 0.6) is 0 Å². The van der Waals surface area contributed by atoms with Gasteiger partial charge in [-0.1, -0.05) is 36.8 Å². The summed E-state index contributed by atoms with van der Waals surface area (Å²) in [5, 5.41) is 46.2. The molecular formula is C25H38N6O10. The third kappa shape index (κ3) is 12.7. The molecule has 0 unspecified atom stereocenters. The van der Waals surface area contributed by atoms with Crippen LogP contribution in [0.3, 0.4) is 0 Å². The summed E-state index contributed by atoms with van der Waals surface area (Å²) in [5.74, 6) is -6.94. The van der Waals surface area contributed by atoms with E-state index in [-0.39, 0.29) is 6.42 Å². The lowest BCUT2D eigenvalue weighted by Crippen LogP contribution is -2.60. The Morgan fingerprint density at radius 3 is 1.68 bits per heavy atom.